The molecule has 0 saturated carbocycles. The Bertz CT molecular complexity index is 828. The lowest BCUT2D eigenvalue weighted by Crippen LogP contribution is -2.46. The van der Waals surface area contributed by atoms with E-state index in [4.69, 9.17) is 0 Å². The third-order valence-corrected chi connectivity index (χ3v) is 6.21. The highest BCUT2D eigenvalue weighted by Gasteiger charge is 2.37. The molecule has 2 saturated heterocycles. The molecule has 0 radical (unpaired) electrons. The van der Waals surface area contributed by atoms with E-state index in [-0.39, 0.29) is 48.2 Å². The third kappa shape index (κ3) is 4.61. The number of rotatable bonds is 3. The van der Waals surface area contributed by atoms with Gasteiger partial charge in [-0.25, -0.2) is 0 Å². The molecule has 0 aliphatic carbocycles. The molecule has 8 heteroatoms. The molecule has 1 amide bonds. The van der Waals surface area contributed by atoms with Crippen molar-refractivity contribution in [3.63, 3.8) is 0 Å². The molecule has 1 aromatic carbocycles. The van der Waals surface area contributed by atoms with Crippen LogP contribution in [0.5, 0.6) is 0 Å². The van der Waals surface area contributed by atoms with Gasteiger partial charge in [0.25, 0.3) is 0 Å². The summed E-state index contributed by atoms with van der Waals surface area (Å²) in [6, 6.07) is 16.0. The number of carbonyl (C=O) groups is 1. The Morgan fingerprint density at radius 1 is 1.21 bits per heavy atom. The highest BCUT2D eigenvalue weighted by atomic mass is 35.5. The number of hydrogen-bond acceptors (Lipinski definition) is 5. The van der Waals surface area contributed by atoms with E-state index in [0.717, 1.165) is 35.4 Å². The van der Waals surface area contributed by atoms with E-state index in [1.165, 1.54) is 0 Å². The Morgan fingerprint density at radius 2 is 2.00 bits per heavy atom. The standard InChI is InChI=1S/C20H20N4OS.2ClH/c21-12-16-4-3-11-24(16)20(25)18-13-26-19(23-18)15-8-6-14(7-9-15)17-5-1-2-10-22-17;;/h1-2,5-10,16,18-19,23H,3-4,11,13H2;2*1H/t16-,18-,19?;;/m0../s1. The number of likely N-dealkylation sites (tertiary alicyclic amines) is 1. The molecule has 5 nitrogen and oxygen atoms in total. The van der Waals surface area contributed by atoms with E-state index in [2.05, 4.69) is 40.6 Å². The van der Waals surface area contributed by atoms with Crippen molar-refractivity contribution >= 4 is 42.5 Å². The number of benzene rings is 1. The van der Waals surface area contributed by atoms with Crippen molar-refractivity contribution in [3.8, 4) is 17.3 Å². The number of halogens is 2. The van der Waals surface area contributed by atoms with Crippen molar-refractivity contribution in [1.29, 1.82) is 5.26 Å². The second kappa shape index (κ2) is 10.1. The minimum Gasteiger partial charge on any atom is -0.325 e. The average Bonchev–Trinajstić information content (AvgIpc) is 3.38. The molecule has 28 heavy (non-hydrogen) atoms. The van der Waals surface area contributed by atoms with Crippen LogP contribution in [0.15, 0.2) is 48.7 Å². The molecule has 0 bridgehead atoms. The largest absolute Gasteiger partial charge is 0.325 e. The normalized spacial score (nSPS) is 23.4. The maximum absolute atomic E-state index is 12.7. The molecule has 3 atom stereocenters. The van der Waals surface area contributed by atoms with Crippen LogP contribution in [0.3, 0.4) is 0 Å². The van der Waals surface area contributed by atoms with Crippen LogP contribution in [0, 0.1) is 11.3 Å². The molecule has 3 heterocycles. The lowest BCUT2D eigenvalue weighted by atomic mass is 10.1. The molecule has 2 aliphatic rings. The Labute approximate surface area is 181 Å². The second-order valence-corrected chi connectivity index (χ2v) is 7.73. The third-order valence-electron chi connectivity index (χ3n) is 4.94. The van der Waals surface area contributed by atoms with Gasteiger partial charge in [0, 0.05) is 24.1 Å². The average molecular weight is 437 g/mol. The van der Waals surface area contributed by atoms with Crippen LogP contribution in [-0.4, -0.2) is 40.2 Å². The summed E-state index contributed by atoms with van der Waals surface area (Å²) in [6.07, 6.45) is 3.50. The maximum Gasteiger partial charge on any atom is 0.241 e. The fourth-order valence-corrected chi connectivity index (χ4v) is 4.77. The highest BCUT2D eigenvalue weighted by molar-refractivity contribution is 7.99. The molecular weight excluding hydrogens is 415 g/mol. The van der Waals surface area contributed by atoms with Gasteiger partial charge in [0.2, 0.25) is 5.91 Å². The Kier molecular flexibility index (Phi) is 8.14. The Morgan fingerprint density at radius 3 is 2.68 bits per heavy atom. The van der Waals surface area contributed by atoms with E-state index in [9.17, 15) is 10.1 Å². The maximum atomic E-state index is 12.7. The summed E-state index contributed by atoms with van der Waals surface area (Å²) in [5, 5.41) is 12.7. The number of amides is 1. The number of nitrogens with one attached hydrogen (secondary N) is 1. The van der Waals surface area contributed by atoms with Crippen LogP contribution in [-0.2, 0) is 4.79 Å². The SMILES string of the molecule is Cl.Cl.N#C[C@@H]1CCCN1C(=O)[C@@H]1CSC(c2ccc(-c3ccccn3)cc2)N1. The van der Waals surface area contributed by atoms with Crippen LogP contribution in [0.4, 0.5) is 0 Å². The van der Waals surface area contributed by atoms with Gasteiger partial charge in [-0.05, 0) is 30.5 Å². The lowest BCUT2D eigenvalue weighted by Gasteiger charge is -2.23. The zero-order valence-corrected chi connectivity index (χ0v) is 17.6. The monoisotopic (exact) mass is 436 g/mol. The van der Waals surface area contributed by atoms with E-state index in [0.29, 0.717) is 6.54 Å². The smallest absolute Gasteiger partial charge is 0.241 e. The first kappa shape index (κ1) is 22.5. The van der Waals surface area contributed by atoms with Gasteiger partial charge in [-0.15, -0.1) is 36.6 Å². The first-order valence-electron chi connectivity index (χ1n) is 8.85. The molecule has 2 aromatic rings. The molecule has 2 aliphatic heterocycles. The number of hydrogen-bond donors (Lipinski definition) is 1. The summed E-state index contributed by atoms with van der Waals surface area (Å²) in [4.78, 5) is 18.8. The summed E-state index contributed by atoms with van der Waals surface area (Å²) >= 11 is 1.74. The zero-order valence-electron chi connectivity index (χ0n) is 15.2. The number of pyridine rings is 1. The predicted octanol–water partition coefficient (Wildman–Crippen LogP) is 3.81. The van der Waals surface area contributed by atoms with Crippen LogP contribution >= 0.6 is 36.6 Å². The highest BCUT2D eigenvalue weighted by Crippen LogP contribution is 2.34. The summed E-state index contributed by atoms with van der Waals surface area (Å²) in [6.45, 7) is 0.698. The fourth-order valence-electron chi connectivity index (χ4n) is 3.53. The molecule has 4 rings (SSSR count). The van der Waals surface area contributed by atoms with Crippen LogP contribution in [0.2, 0.25) is 0 Å². The van der Waals surface area contributed by atoms with E-state index in [1.807, 2.05) is 18.2 Å². The Hall–Kier alpha value is -1.78. The van der Waals surface area contributed by atoms with Gasteiger partial charge in [0.05, 0.1) is 23.2 Å². The minimum atomic E-state index is -0.258. The Balaban J connectivity index is 0.00000140. The number of nitriles is 1. The second-order valence-electron chi connectivity index (χ2n) is 6.59. The van der Waals surface area contributed by atoms with Crippen LogP contribution in [0.25, 0.3) is 11.3 Å². The van der Waals surface area contributed by atoms with Gasteiger partial charge in [-0.3, -0.25) is 15.1 Å². The predicted molar refractivity (Wildman–Crippen MR) is 117 cm³/mol. The number of carbonyl (C=O) groups excluding carboxylic acids is 1. The van der Waals surface area contributed by atoms with Gasteiger partial charge < -0.3 is 4.90 Å². The van der Waals surface area contributed by atoms with Crippen LogP contribution < -0.4 is 5.32 Å². The van der Waals surface area contributed by atoms with Crippen molar-refractivity contribution in [1.82, 2.24) is 15.2 Å². The van der Waals surface area contributed by atoms with Gasteiger partial charge >= 0.3 is 0 Å². The molecule has 0 spiro atoms. The topological polar surface area (TPSA) is 69.0 Å². The van der Waals surface area contributed by atoms with Crippen molar-refractivity contribution in [3.05, 3.63) is 54.2 Å². The molecule has 2 fully saturated rings. The van der Waals surface area contributed by atoms with Crippen molar-refractivity contribution < 1.29 is 4.79 Å². The zero-order chi connectivity index (χ0) is 17.9. The summed E-state index contributed by atoms with van der Waals surface area (Å²) in [5.41, 5.74) is 3.19. The molecule has 1 aromatic heterocycles. The van der Waals surface area contributed by atoms with Crippen molar-refractivity contribution in [2.75, 3.05) is 12.3 Å². The van der Waals surface area contributed by atoms with E-state index in [1.54, 1.807) is 22.9 Å². The van der Waals surface area contributed by atoms with Gasteiger partial charge in [0.1, 0.15) is 6.04 Å². The lowest BCUT2D eigenvalue weighted by molar-refractivity contribution is -0.132. The fraction of sp³-hybridized carbons (Fsp3) is 0.350. The van der Waals surface area contributed by atoms with E-state index >= 15 is 0 Å². The quantitative estimate of drug-likeness (QED) is 0.791. The minimum absolute atomic E-state index is 0. The molecular formula is C20H22Cl2N4OS. The van der Waals surface area contributed by atoms with Crippen molar-refractivity contribution in [2.24, 2.45) is 0 Å². The van der Waals surface area contributed by atoms with Gasteiger partial charge in [-0.1, -0.05) is 30.3 Å². The molecule has 148 valence electrons. The molecule has 1 unspecified atom stereocenters. The summed E-state index contributed by atoms with van der Waals surface area (Å²) in [5.74, 6) is 0.800. The number of nitrogens with zero attached hydrogens (tertiary/aromatic N) is 3. The first-order chi connectivity index (χ1) is 12.8. The van der Waals surface area contributed by atoms with Gasteiger partial charge in [-0.2, -0.15) is 5.26 Å². The number of aromatic nitrogens is 1. The first-order valence-corrected chi connectivity index (χ1v) is 9.90. The summed E-state index contributed by atoms with van der Waals surface area (Å²) in [7, 11) is 0. The van der Waals surface area contributed by atoms with Crippen molar-refractivity contribution in [2.45, 2.75) is 30.3 Å². The number of thioether (sulfide) groups is 1. The molecule has 1 N–H and O–H groups in total. The van der Waals surface area contributed by atoms with Crippen LogP contribution in [0.1, 0.15) is 23.8 Å². The summed E-state index contributed by atoms with van der Waals surface area (Å²) < 4.78 is 0. The van der Waals surface area contributed by atoms with E-state index < -0.39 is 0 Å². The van der Waals surface area contributed by atoms with Gasteiger partial charge in [0.15, 0.2) is 0 Å².